The lowest BCUT2D eigenvalue weighted by Crippen LogP contribution is -2.09. The SMILES string of the molecule is CCNc1ncnc(NCc2ccc(C)nc2)c1CC. The minimum Gasteiger partial charge on any atom is -0.370 e. The van der Waals surface area contributed by atoms with Gasteiger partial charge in [0.05, 0.1) is 0 Å². The summed E-state index contributed by atoms with van der Waals surface area (Å²) < 4.78 is 0. The van der Waals surface area contributed by atoms with Crippen molar-refractivity contribution in [1.82, 2.24) is 15.0 Å². The highest BCUT2D eigenvalue weighted by atomic mass is 15.1. The molecule has 106 valence electrons. The number of hydrogen-bond donors (Lipinski definition) is 2. The van der Waals surface area contributed by atoms with Crippen molar-refractivity contribution in [2.75, 3.05) is 17.2 Å². The van der Waals surface area contributed by atoms with E-state index in [-0.39, 0.29) is 0 Å². The summed E-state index contributed by atoms with van der Waals surface area (Å²) in [7, 11) is 0. The molecule has 0 radical (unpaired) electrons. The summed E-state index contributed by atoms with van der Waals surface area (Å²) in [5.74, 6) is 1.80. The van der Waals surface area contributed by atoms with Gasteiger partial charge in [-0.3, -0.25) is 4.98 Å². The average Bonchev–Trinajstić information content (AvgIpc) is 2.47. The van der Waals surface area contributed by atoms with Crippen LogP contribution in [0.3, 0.4) is 0 Å². The van der Waals surface area contributed by atoms with Crippen molar-refractivity contribution in [2.45, 2.75) is 33.7 Å². The van der Waals surface area contributed by atoms with E-state index in [2.05, 4.69) is 45.5 Å². The first-order valence-electron chi connectivity index (χ1n) is 6.97. The molecule has 0 saturated heterocycles. The Kier molecular flexibility index (Phi) is 4.87. The first-order valence-corrected chi connectivity index (χ1v) is 6.97. The van der Waals surface area contributed by atoms with E-state index in [0.717, 1.165) is 41.4 Å². The monoisotopic (exact) mass is 271 g/mol. The van der Waals surface area contributed by atoms with Crippen molar-refractivity contribution in [3.8, 4) is 0 Å². The zero-order valence-electron chi connectivity index (χ0n) is 12.3. The van der Waals surface area contributed by atoms with Crippen molar-refractivity contribution in [2.24, 2.45) is 0 Å². The molecule has 2 aromatic heterocycles. The maximum atomic E-state index is 4.34. The molecule has 0 aliphatic heterocycles. The predicted octanol–water partition coefficient (Wildman–Crippen LogP) is 2.79. The first-order chi connectivity index (χ1) is 9.74. The molecule has 2 N–H and O–H groups in total. The summed E-state index contributed by atoms with van der Waals surface area (Å²) in [4.78, 5) is 12.9. The van der Waals surface area contributed by atoms with Gasteiger partial charge in [-0.2, -0.15) is 0 Å². The molecule has 0 aromatic carbocycles. The molecule has 0 saturated carbocycles. The van der Waals surface area contributed by atoms with E-state index < -0.39 is 0 Å². The highest BCUT2D eigenvalue weighted by Gasteiger charge is 2.08. The Morgan fingerprint density at radius 2 is 1.75 bits per heavy atom. The van der Waals surface area contributed by atoms with Crippen LogP contribution in [-0.2, 0) is 13.0 Å². The van der Waals surface area contributed by atoms with Crippen LogP contribution in [0.5, 0.6) is 0 Å². The van der Waals surface area contributed by atoms with Crippen LogP contribution in [0.1, 0.15) is 30.7 Å². The lowest BCUT2D eigenvalue weighted by Gasteiger charge is -2.13. The summed E-state index contributed by atoms with van der Waals surface area (Å²) in [6.07, 6.45) is 4.37. The fourth-order valence-electron chi connectivity index (χ4n) is 2.01. The van der Waals surface area contributed by atoms with Crippen LogP contribution in [0.25, 0.3) is 0 Å². The molecule has 20 heavy (non-hydrogen) atoms. The molecule has 0 atom stereocenters. The normalized spacial score (nSPS) is 10.3. The molecule has 2 rings (SSSR count). The zero-order chi connectivity index (χ0) is 14.4. The fraction of sp³-hybridized carbons (Fsp3) is 0.400. The number of hydrogen-bond acceptors (Lipinski definition) is 5. The van der Waals surface area contributed by atoms with E-state index >= 15 is 0 Å². The van der Waals surface area contributed by atoms with Gasteiger partial charge in [-0.15, -0.1) is 0 Å². The number of pyridine rings is 1. The van der Waals surface area contributed by atoms with Crippen molar-refractivity contribution in [3.63, 3.8) is 0 Å². The van der Waals surface area contributed by atoms with Gasteiger partial charge in [0, 0.05) is 30.5 Å². The molecule has 0 fully saturated rings. The molecule has 5 heteroatoms. The number of anilines is 2. The van der Waals surface area contributed by atoms with Gasteiger partial charge in [-0.25, -0.2) is 9.97 Å². The van der Waals surface area contributed by atoms with Gasteiger partial charge in [0.2, 0.25) is 0 Å². The average molecular weight is 271 g/mol. The molecule has 0 bridgehead atoms. The Bertz CT molecular complexity index is 551. The number of nitrogens with zero attached hydrogens (tertiary/aromatic N) is 3. The van der Waals surface area contributed by atoms with E-state index in [1.54, 1.807) is 6.33 Å². The topological polar surface area (TPSA) is 62.7 Å². The molecule has 0 aliphatic rings. The second kappa shape index (κ2) is 6.84. The lowest BCUT2D eigenvalue weighted by atomic mass is 10.2. The molecule has 0 spiro atoms. The predicted molar refractivity (Wildman–Crippen MR) is 81.9 cm³/mol. The molecular weight excluding hydrogens is 250 g/mol. The minimum atomic E-state index is 0.711. The van der Waals surface area contributed by atoms with Gasteiger partial charge in [0.15, 0.2) is 0 Å². The van der Waals surface area contributed by atoms with Crippen LogP contribution in [-0.4, -0.2) is 21.5 Å². The first kappa shape index (κ1) is 14.2. The summed E-state index contributed by atoms with van der Waals surface area (Å²) >= 11 is 0. The van der Waals surface area contributed by atoms with Gasteiger partial charge < -0.3 is 10.6 Å². The van der Waals surface area contributed by atoms with E-state index in [9.17, 15) is 0 Å². The van der Waals surface area contributed by atoms with E-state index in [1.807, 2.05) is 19.2 Å². The van der Waals surface area contributed by atoms with Gasteiger partial charge in [0.25, 0.3) is 0 Å². The largest absolute Gasteiger partial charge is 0.370 e. The number of nitrogens with one attached hydrogen (secondary N) is 2. The highest BCUT2D eigenvalue weighted by molar-refractivity contribution is 5.57. The lowest BCUT2D eigenvalue weighted by molar-refractivity contribution is 0.994. The number of aryl methyl sites for hydroxylation is 1. The molecule has 2 heterocycles. The summed E-state index contributed by atoms with van der Waals surface area (Å²) in [6.45, 7) is 7.72. The Morgan fingerprint density at radius 1 is 1.00 bits per heavy atom. The van der Waals surface area contributed by atoms with Crippen LogP contribution >= 0.6 is 0 Å². The van der Waals surface area contributed by atoms with Crippen LogP contribution < -0.4 is 10.6 Å². The van der Waals surface area contributed by atoms with Crippen LogP contribution in [0.4, 0.5) is 11.6 Å². The molecular formula is C15H21N5. The van der Waals surface area contributed by atoms with Crippen LogP contribution in [0, 0.1) is 6.92 Å². The standard InChI is InChI=1S/C15H21N5/c1-4-13-14(16-5-2)19-10-20-15(13)18-9-12-7-6-11(3)17-8-12/h6-8,10H,4-5,9H2,1-3H3,(H2,16,18,19,20). The quantitative estimate of drug-likeness (QED) is 0.846. The van der Waals surface area contributed by atoms with Gasteiger partial charge in [-0.05, 0) is 31.9 Å². The zero-order valence-corrected chi connectivity index (χ0v) is 12.3. The summed E-state index contributed by atoms with van der Waals surface area (Å²) in [5, 5.41) is 6.64. The van der Waals surface area contributed by atoms with E-state index in [0.29, 0.717) is 6.54 Å². The summed E-state index contributed by atoms with van der Waals surface area (Å²) in [6, 6.07) is 4.09. The summed E-state index contributed by atoms with van der Waals surface area (Å²) in [5.41, 5.74) is 3.29. The second-order valence-electron chi connectivity index (χ2n) is 4.59. The van der Waals surface area contributed by atoms with E-state index in [1.165, 1.54) is 0 Å². The van der Waals surface area contributed by atoms with Gasteiger partial charge in [-0.1, -0.05) is 13.0 Å². The van der Waals surface area contributed by atoms with Crippen LogP contribution in [0.2, 0.25) is 0 Å². The number of rotatable bonds is 6. The Labute approximate surface area is 119 Å². The molecule has 0 unspecified atom stereocenters. The third-order valence-corrected chi connectivity index (χ3v) is 3.08. The maximum Gasteiger partial charge on any atom is 0.134 e. The third kappa shape index (κ3) is 3.44. The minimum absolute atomic E-state index is 0.711. The molecule has 0 aliphatic carbocycles. The van der Waals surface area contributed by atoms with Gasteiger partial charge in [0.1, 0.15) is 18.0 Å². The Balaban J connectivity index is 2.12. The molecule has 2 aromatic rings. The van der Waals surface area contributed by atoms with Crippen molar-refractivity contribution >= 4 is 11.6 Å². The smallest absolute Gasteiger partial charge is 0.134 e. The van der Waals surface area contributed by atoms with Gasteiger partial charge >= 0.3 is 0 Å². The van der Waals surface area contributed by atoms with Crippen molar-refractivity contribution < 1.29 is 0 Å². The third-order valence-electron chi connectivity index (χ3n) is 3.08. The Hall–Kier alpha value is -2.17. The highest BCUT2D eigenvalue weighted by Crippen LogP contribution is 2.20. The number of aromatic nitrogens is 3. The van der Waals surface area contributed by atoms with Crippen molar-refractivity contribution in [3.05, 3.63) is 41.5 Å². The van der Waals surface area contributed by atoms with Crippen LogP contribution in [0.15, 0.2) is 24.7 Å². The van der Waals surface area contributed by atoms with Crippen molar-refractivity contribution in [1.29, 1.82) is 0 Å². The second-order valence-corrected chi connectivity index (χ2v) is 4.59. The Morgan fingerprint density at radius 3 is 2.35 bits per heavy atom. The maximum absolute atomic E-state index is 4.34. The fourth-order valence-corrected chi connectivity index (χ4v) is 2.01. The molecule has 5 nitrogen and oxygen atoms in total. The van der Waals surface area contributed by atoms with E-state index in [4.69, 9.17) is 0 Å². The molecule has 0 amide bonds.